The third-order valence-corrected chi connectivity index (χ3v) is 7.94. The van der Waals surface area contributed by atoms with E-state index in [1.54, 1.807) is 12.1 Å². The van der Waals surface area contributed by atoms with Gasteiger partial charge in [0.05, 0.1) is 4.90 Å². The van der Waals surface area contributed by atoms with E-state index in [0.29, 0.717) is 17.4 Å². The van der Waals surface area contributed by atoms with E-state index < -0.39 is 10.0 Å². The maximum Gasteiger partial charge on any atom is 0.253 e. The number of likely N-dealkylation sites (tertiary alicyclic amines) is 2. The van der Waals surface area contributed by atoms with Gasteiger partial charge in [0, 0.05) is 38.3 Å². The fraction of sp³-hybridized carbons (Fsp3) is 0.480. The zero-order chi connectivity index (χ0) is 22.6. The van der Waals surface area contributed by atoms with Crippen molar-refractivity contribution in [1.29, 1.82) is 0 Å². The number of carbonyl (C=O) groups is 1. The predicted octanol–water partition coefficient (Wildman–Crippen LogP) is 3.42. The van der Waals surface area contributed by atoms with Crippen LogP contribution in [0.25, 0.3) is 0 Å². The number of aryl methyl sites for hydroxylation is 1. The molecule has 0 radical (unpaired) electrons. The van der Waals surface area contributed by atoms with Gasteiger partial charge in [-0.25, -0.2) is 13.1 Å². The highest BCUT2D eigenvalue weighted by Gasteiger charge is 2.23. The van der Waals surface area contributed by atoms with Crippen LogP contribution in [0.5, 0.6) is 0 Å². The zero-order valence-electron chi connectivity index (χ0n) is 18.8. The Bertz CT molecular complexity index is 1010. The quantitative estimate of drug-likeness (QED) is 0.695. The van der Waals surface area contributed by atoms with Gasteiger partial charge in [-0.15, -0.1) is 0 Å². The Morgan fingerprint density at radius 2 is 1.66 bits per heavy atom. The van der Waals surface area contributed by atoms with Crippen LogP contribution in [-0.2, 0) is 16.6 Å². The third kappa shape index (κ3) is 5.77. The van der Waals surface area contributed by atoms with Gasteiger partial charge < -0.3 is 4.90 Å². The van der Waals surface area contributed by atoms with Gasteiger partial charge >= 0.3 is 0 Å². The Balaban J connectivity index is 1.29. The van der Waals surface area contributed by atoms with Crippen LogP contribution in [-0.4, -0.2) is 56.8 Å². The summed E-state index contributed by atoms with van der Waals surface area (Å²) in [5.74, 6) is 0.424. The molecule has 2 aromatic rings. The largest absolute Gasteiger partial charge is 0.339 e. The van der Waals surface area contributed by atoms with E-state index in [1.807, 2.05) is 48.2 Å². The molecule has 0 aliphatic carbocycles. The van der Waals surface area contributed by atoms with Crippen LogP contribution in [0.4, 0.5) is 0 Å². The lowest BCUT2D eigenvalue weighted by molar-refractivity contribution is 0.0792. The van der Waals surface area contributed by atoms with Crippen molar-refractivity contribution in [2.45, 2.75) is 44.0 Å². The number of sulfonamides is 1. The van der Waals surface area contributed by atoms with Gasteiger partial charge in [0.15, 0.2) is 0 Å². The lowest BCUT2D eigenvalue weighted by Gasteiger charge is -2.32. The van der Waals surface area contributed by atoms with Gasteiger partial charge in [0.25, 0.3) is 5.91 Å². The Morgan fingerprint density at radius 1 is 0.969 bits per heavy atom. The van der Waals surface area contributed by atoms with Gasteiger partial charge in [-0.1, -0.05) is 29.8 Å². The van der Waals surface area contributed by atoms with Gasteiger partial charge in [-0.2, -0.15) is 0 Å². The fourth-order valence-corrected chi connectivity index (χ4v) is 5.72. The van der Waals surface area contributed by atoms with Crippen LogP contribution in [0.3, 0.4) is 0 Å². The van der Waals surface area contributed by atoms with E-state index in [2.05, 4.69) is 9.62 Å². The number of benzene rings is 2. The molecule has 4 rings (SSSR count). The predicted molar refractivity (Wildman–Crippen MR) is 126 cm³/mol. The topological polar surface area (TPSA) is 69.7 Å². The minimum absolute atomic E-state index is 0.132. The molecular formula is C25H33N3O3S. The Labute approximate surface area is 191 Å². The number of amides is 1. The number of rotatable bonds is 7. The summed E-state index contributed by atoms with van der Waals surface area (Å²) in [5, 5.41) is 0. The molecule has 0 saturated carbocycles. The molecule has 0 spiro atoms. The number of piperidine rings is 1. The van der Waals surface area contributed by atoms with Gasteiger partial charge in [-0.05, 0) is 74.9 Å². The van der Waals surface area contributed by atoms with Crippen molar-refractivity contribution >= 4 is 15.9 Å². The van der Waals surface area contributed by atoms with Crippen molar-refractivity contribution in [2.24, 2.45) is 5.92 Å². The summed E-state index contributed by atoms with van der Waals surface area (Å²) < 4.78 is 28.0. The van der Waals surface area contributed by atoms with E-state index in [1.165, 1.54) is 5.56 Å². The first kappa shape index (κ1) is 23.0. The fourth-order valence-electron chi connectivity index (χ4n) is 4.60. The smallest absolute Gasteiger partial charge is 0.253 e. The van der Waals surface area contributed by atoms with Crippen LogP contribution in [0.15, 0.2) is 53.4 Å². The summed E-state index contributed by atoms with van der Waals surface area (Å²) in [5.41, 5.74) is 2.99. The van der Waals surface area contributed by atoms with E-state index >= 15 is 0 Å². The summed E-state index contributed by atoms with van der Waals surface area (Å²) in [6.07, 6.45) is 4.28. The molecule has 2 saturated heterocycles. The molecule has 0 bridgehead atoms. The SMILES string of the molecule is Cc1ccc(S(=O)(=O)NCC2CCCN(Cc3ccc(C(=O)N4CCCC4)cc3)C2)cc1. The van der Waals surface area contributed by atoms with Crippen molar-refractivity contribution in [3.05, 3.63) is 65.2 Å². The van der Waals surface area contributed by atoms with Crippen molar-refractivity contribution in [3.63, 3.8) is 0 Å². The van der Waals surface area contributed by atoms with E-state index in [4.69, 9.17) is 0 Å². The molecular weight excluding hydrogens is 422 g/mol. The average molecular weight is 456 g/mol. The van der Waals surface area contributed by atoms with Crippen molar-refractivity contribution < 1.29 is 13.2 Å². The van der Waals surface area contributed by atoms with Crippen LogP contribution < -0.4 is 4.72 Å². The zero-order valence-corrected chi connectivity index (χ0v) is 19.6. The summed E-state index contributed by atoms with van der Waals surface area (Å²) in [6.45, 7) is 6.82. The highest BCUT2D eigenvalue weighted by atomic mass is 32.2. The monoisotopic (exact) mass is 455 g/mol. The molecule has 7 heteroatoms. The number of hydrogen-bond acceptors (Lipinski definition) is 4. The molecule has 0 aromatic heterocycles. The number of carbonyl (C=O) groups excluding carboxylic acids is 1. The minimum atomic E-state index is -3.48. The highest BCUT2D eigenvalue weighted by Crippen LogP contribution is 2.20. The van der Waals surface area contributed by atoms with Crippen molar-refractivity contribution in [1.82, 2.24) is 14.5 Å². The lowest BCUT2D eigenvalue weighted by Crippen LogP contribution is -2.40. The molecule has 2 heterocycles. The summed E-state index contributed by atoms with van der Waals surface area (Å²) in [6, 6.07) is 14.9. The first-order chi connectivity index (χ1) is 15.4. The molecule has 2 aliphatic rings. The molecule has 1 atom stereocenters. The van der Waals surface area contributed by atoms with Crippen LogP contribution in [0, 0.1) is 12.8 Å². The number of nitrogens with zero attached hydrogens (tertiary/aromatic N) is 2. The van der Waals surface area contributed by atoms with E-state index in [9.17, 15) is 13.2 Å². The molecule has 2 aromatic carbocycles. The number of hydrogen-bond donors (Lipinski definition) is 1. The van der Waals surface area contributed by atoms with Crippen LogP contribution in [0.1, 0.15) is 47.2 Å². The maximum atomic E-state index is 12.6. The van der Waals surface area contributed by atoms with Crippen molar-refractivity contribution in [3.8, 4) is 0 Å². The van der Waals surface area contributed by atoms with Gasteiger partial charge in [0.1, 0.15) is 0 Å². The second-order valence-corrected chi connectivity index (χ2v) is 10.9. The highest BCUT2D eigenvalue weighted by molar-refractivity contribution is 7.89. The molecule has 2 aliphatic heterocycles. The molecule has 1 unspecified atom stereocenters. The Morgan fingerprint density at radius 3 is 2.34 bits per heavy atom. The maximum absolute atomic E-state index is 12.6. The second kappa shape index (κ2) is 10.1. The van der Waals surface area contributed by atoms with Crippen LogP contribution in [0.2, 0.25) is 0 Å². The lowest BCUT2D eigenvalue weighted by atomic mass is 9.98. The van der Waals surface area contributed by atoms with Gasteiger partial charge in [-0.3, -0.25) is 9.69 Å². The normalized spacial score (nSPS) is 19.9. The van der Waals surface area contributed by atoms with Crippen molar-refractivity contribution in [2.75, 3.05) is 32.7 Å². The third-order valence-electron chi connectivity index (χ3n) is 6.50. The molecule has 172 valence electrons. The average Bonchev–Trinajstić information content (AvgIpc) is 3.33. The Hall–Kier alpha value is -2.22. The minimum Gasteiger partial charge on any atom is -0.339 e. The molecule has 1 N–H and O–H groups in total. The molecule has 2 fully saturated rings. The number of nitrogens with one attached hydrogen (secondary N) is 1. The second-order valence-electron chi connectivity index (χ2n) is 9.10. The van der Waals surface area contributed by atoms with E-state index in [-0.39, 0.29) is 5.91 Å². The molecule has 1 amide bonds. The Kier molecular flexibility index (Phi) is 7.28. The summed E-state index contributed by atoms with van der Waals surface area (Å²) in [7, 11) is -3.48. The molecule has 6 nitrogen and oxygen atoms in total. The summed E-state index contributed by atoms with van der Waals surface area (Å²) >= 11 is 0. The standard InChI is InChI=1S/C25H33N3O3S/c1-20-6-12-24(13-7-20)32(30,31)26-17-22-5-4-14-27(19-22)18-21-8-10-23(11-9-21)25(29)28-15-2-3-16-28/h6-13,22,26H,2-5,14-19H2,1H3. The first-order valence-corrected chi connectivity index (χ1v) is 13.1. The van der Waals surface area contributed by atoms with E-state index in [0.717, 1.165) is 69.5 Å². The first-order valence-electron chi connectivity index (χ1n) is 11.6. The van der Waals surface area contributed by atoms with Crippen LogP contribution >= 0.6 is 0 Å². The summed E-state index contributed by atoms with van der Waals surface area (Å²) in [4.78, 5) is 17.2. The molecule has 32 heavy (non-hydrogen) atoms. The van der Waals surface area contributed by atoms with Gasteiger partial charge in [0.2, 0.25) is 10.0 Å².